The standard InChI is InChI=1S/C34H35ClN2O4S.Na.H/c1-22(33(38)39)40-18-17-31-32(42-34(2,3)4)28-19-27(41-21-26-14-11-24-7-5-6-8-29(24)36-26)15-16-30(28)37(31)20-23-9-12-25(35)13-10-23;;/h5-16,19,22H,17-18,20-21H2,1-4H3,(H,38,39);;/q;+1;-1. The molecule has 43 heavy (non-hydrogen) atoms. The van der Waals surface area contributed by atoms with Gasteiger partial charge in [0.25, 0.3) is 0 Å². The Bertz CT molecular complexity index is 1720. The second kappa shape index (κ2) is 14.5. The van der Waals surface area contributed by atoms with E-state index in [0.717, 1.165) is 49.4 Å². The number of carboxylic acids is 1. The van der Waals surface area contributed by atoms with Crippen LogP contribution in [0.5, 0.6) is 5.75 Å². The molecule has 1 atom stereocenters. The number of aromatic nitrogens is 2. The molecule has 6 nitrogen and oxygen atoms in total. The van der Waals surface area contributed by atoms with Crippen LogP contribution in [0.4, 0.5) is 0 Å². The number of ether oxygens (including phenoxy) is 2. The number of aliphatic carboxylic acids is 1. The number of halogens is 1. The molecule has 1 N–H and O–H groups in total. The number of thioether (sulfide) groups is 1. The minimum Gasteiger partial charge on any atom is -1.00 e. The van der Waals surface area contributed by atoms with E-state index in [1.165, 1.54) is 0 Å². The molecule has 5 aromatic rings. The summed E-state index contributed by atoms with van der Waals surface area (Å²) in [6.07, 6.45) is -0.309. The molecule has 3 aromatic carbocycles. The molecule has 1 unspecified atom stereocenters. The second-order valence-corrected chi connectivity index (χ2v) is 13.5. The van der Waals surface area contributed by atoms with Crippen molar-refractivity contribution in [2.24, 2.45) is 0 Å². The van der Waals surface area contributed by atoms with E-state index in [1.807, 2.05) is 54.6 Å². The van der Waals surface area contributed by atoms with E-state index < -0.39 is 12.1 Å². The van der Waals surface area contributed by atoms with Gasteiger partial charge < -0.3 is 20.6 Å². The fourth-order valence-corrected chi connectivity index (χ4v) is 6.16. The van der Waals surface area contributed by atoms with Crippen molar-refractivity contribution in [1.29, 1.82) is 0 Å². The molecule has 0 aliphatic heterocycles. The third-order valence-electron chi connectivity index (χ3n) is 6.85. The summed E-state index contributed by atoms with van der Waals surface area (Å²) in [6.45, 7) is 9.43. The van der Waals surface area contributed by atoms with Gasteiger partial charge in [-0.2, -0.15) is 0 Å². The summed E-state index contributed by atoms with van der Waals surface area (Å²) < 4.78 is 14.2. The number of rotatable bonds is 11. The van der Waals surface area contributed by atoms with Crippen LogP contribution < -0.4 is 34.3 Å². The van der Waals surface area contributed by atoms with E-state index in [2.05, 4.69) is 49.6 Å². The smallest absolute Gasteiger partial charge is 1.00 e. The molecule has 0 aliphatic carbocycles. The van der Waals surface area contributed by atoms with Crippen molar-refractivity contribution in [1.82, 2.24) is 9.55 Å². The van der Waals surface area contributed by atoms with Crippen LogP contribution >= 0.6 is 23.4 Å². The third-order valence-corrected chi connectivity index (χ3v) is 8.37. The Hall–Kier alpha value is -2.52. The van der Waals surface area contributed by atoms with Crippen molar-refractivity contribution >= 4 is 51.1 Å². The van der Waals surface area contributed by atoms with Gasteiger partial charge in [-0.25, -0.2) is 9.78 Å². The normalized spacial score (nSPS) is 12.3. The number of fused-ring (bicyclic) bond motifs is 2. The first-order valence-electron chi connectivity index (χ1n) is 14.0. The number of carboxylic acid groups (broad SMARTS) is 1. The molecule has 0 fully saturated rings. The van der Waals surface area contributed by atoms with E-state index in [9.17, 15) is 9.90 Å². The Kier molecular flexibility index (Phi) is 11.3. The topological polar surface area (TPSA) is 73.6 Å². The molecule has 0 saturated carbocycles. The summed E-state index contributed by atoms with van der Waals surface area (Å²) >= 11 is 7.97. The quantitative estimate of drug-likeness (QED) is 0.154. The van der Waals surface area contributed by atoms with E-state index in [-0.39, 0.29) is 35.7 Å². The SMILES string of the molecule is CC(OCCc1c(SC(C)(C)C)c2cc(OCc3ccc4ccccc4n3)ccc2n1Cc1ccc(Cl)cc1)C(=O)O.[H-].[Na+]. The van der Waals surface area contributed by atoms with Gasteiger partial charge in [-0.1, -0.05) is 68.8 Å². The summed E-state index contributed by atoms with van der Waals surface area (Å²) in [5, 5.41) is 12.2. The fourth-order valence-electron chi connectivity index (χ4n) is 4.82. The summed E-state index contributed by atoms with van der Waals surface area (Å²) in [6, 6.07) is 26.2. The van der Waals surface area contributed by atoms with Crippen molar-refractivity contribution in [3.8, 4) is 5.75 Å². The van der Waals surface area contributed by atoms with Crippen LogP contribution in [0.15, 0.2) is 83.8 Å². The summed E-state index contributed by atoms with van der Waals surface area (Å²) in [7, 11) is 0. The zero-order valence-corrected chi connectivity index (χ0v) is 28.8. The zero-order chi connectivity index (χ0) is 29.9. The fraction of sp³-hybridized carbons (Fsp3) is 0.294. The maximum absolute atomic E-state index is 11.4. The number of hydrogen-bond acceptors (Lipinski definition) is 5. The van der Waals surface area contributed by atoms with Gasteiger partial charge in [0.15, 0.2) is 6.10 Å². The van der Waals surface area contributed by atoms with Crippen molar-refractivity contribution in [3.05, 3.63) is 101 Å². The monoisotopic (exact) mass is 626 g/mol. The molecule has 220 valence electrons. The Morgan fingerprint density at radius 1 is 1.07 bits per heavy atom. The number of pyridine rings is 1. The molecule has 0 amide bonds. The molecule has 5 rings (SSSR count). The van der Waals surface area contributed by atoms with E-state index in [0.29, 0.717) is 31.2 Å². The molecular formula is C34H36ClN2NaO4S. The minimum absolute atomic E-state index is 0. The molecule has 0 radical (unpaired) electrons. The molecule has 0 bridgehead atoms. The number of benzene rings is 3. The third kappa shape index (κ3) is 8.56. The van der Waals surface area contributed by atoms with Crippen molar-refractivity contribution < 1.29 is 50.4 Å². The predicted molar refractivity (Wildman–Crippen MR) is 172 cm³/mol. The van der Waals surface area contributed by atoms with Crippen molar-refractivity contribution in [2.45, 2.75) is 63.0 Å². The number of nitrogens with zero attached hydrogens (tertiary/aromatic N) is 2. The maximum atomic E-state index is 11.4. The summed E-state index contributed by atoms with van der Waals surface area (Å²) in [4.78, 5) is 17.3. The predicted octanol–water partition coefficient (Wildman–Crippen LogP) is 5.51. The minimum atomic E-state index is -0.969. The average Bonchev–Trinajstić information content (AvgIpc) is 3.22. The van der Waals surface area contributed by atoms with Crippen LogP contribution in [0, 0.1) is 0 Å². The van der Waals surface area contributed by atoms with Gasteiger partial charge in [-0.3, -0.25) is 0 Å². The largest absolute Gasteiger partial charge is 1.00 e. The van der Waals surface area contributed by atoms with Crippen LogP contribution in [0.1, 0.15) is 46.1 Å². The Labute approximate surface area is 285 Å². The van der Waals surface area contributed by atoms with Gasteiger partial charge in [0.2, 0.25) is 0 Å². The van der Waals surface area contributed by atoms with Crippen LogP contribution in [0.2, 0.25) is 5.02 Å². The second-order valence-electron chi connectivity index (χ2n) is 11.3. The number of carbonyl (C=O) groups is 1. The Balaban J connectivity index is 0.00000264. The first-order chi connectivity index (χ1) is 20.1. The van der Waals surface area contributed by atoms with Crippen LogP contribution in [-0.4, -0.2) is 38.1 Å². The van der Waals surface area contributed by atoms with Crippen LogP contribution in [0.25, 0.3) is 21.8 Å². The van der Waals surface area contributed by atoms with Gasteiger partial charge in [-0.15, -0.1) is 11.8 Å². The van der Waals surface area contributed by atoms with Crippen LogP contribution in [0.3, 0.4) is 0 Å². The van der Waals surface area contributed by atoms with Gasteiger partial charge in [0.1, 0.15) is 12.4 Å². The van der Waals surface area contributed by atoms with E-state index >= 15 is 0 Å². The molecule has 2 aromatic heterocycles. The number of hydrogen-bond donors (Lipinski definition) is 1. The molecule has 0 spiro atoms. The zero-order valence-electron chi connectivity index (χ0n) is 26.3. The van der Waals surface area contributed by atoms with E-state index in [1.54, 1.807) is 18.7 Å². The Morgan fingerprint density at radius 3 is 2.53 bits per heavy atom. The number of para-hydroxylation sites is 1. The van der Waals surface area contributed by atoms with Gasteiger partial charge >= 0.3 is 35.5 Å². The molecule has 2 heterocycles. The summed E-state index contributed by atoms with van der Waals surface area (Å²) in [5.41, 5.74) is 5.11. The van der Waals surface area contributed by atoms with Crippen molar-refractivity contribution in [3.63, 3.8) is 0 Å². The first kappa shape index (κ1) is 33.4. The van der Waals surface area contributed by atoms with E-state index in [4.69, 9.17) is 26.1 Å². The average molecular weight is 627 g/mol. The van der Waals surface area contributed by atoms with Crippen molar-refractivity contribution in [2.75, 3.05) is 6.61 Å². The van der Waals surface area contributed by atoms with Gasteiger partial charge in [0.05, 0.1) is 17.8 Å². The first-order valence-corrected chi connectivity index (χ1v) is 15.2. The molecule has 0 aliphatic rings. The summed E-state index contributed by atoms with van der Waals surface area (Å²) in [5.74, 6) is -0.206. The van der Waals surface area contributed by atoms with Crippen LogP contribution in [-0.2, 0) is 29.1 Å². The van der Waals surface area contributed by atoms with Gasteiger partial charge in [-0.05, 0) is 55.0 Å². The Morgan fingerprint density at radius 2 is 1.81 bits per heavy atom. The maximum Gasteiger partial charge on any atom is 1.00 e. The molecule has 0 saturated heterocycles. The molecule has 9 heteroatoms. The molecular weight excluding hydrogens is 591 g/mol. The van der Waals surface area contributed by atoms with Gasteiger partial charge in [0, 0.05) is 49.6 Å².